The minimum atomic E-state index is -0.0246. The van der Waals surface area contributed by atoms with Gasteiger partial charge in [-0.15, -0.1) is 0 Å². The minimum absolute atomic E-state index is 0.0246. The van der Waals surface area contributed by atoms with Gasteiger partial charge in [0, 0.05) is 31.7 Å². The van der Waals surface area contributed by atoms with E-state index in [0.29, 0.717) is 24.7 Å². The molecule has 0 saturated carbocycles. The van der Waals surface area contributed by atoms with E-state index in [4.69, 9.17) is 0 Å². The first kappa shape index (κ1) is 17.0. The van der Waals surface area contributed by atoms with Crippen molar-refractivity contribution in [2.45, 2.75) is 39.8 Å². The van der Waals surface area contributed by atoms with Crippen LogP contribution in [0.15, 0.2) is 29.3 Å². The number of nitrogens with zero attached hydrogens (tertiary/aromatic N) is 1. The van der Waals surface area contributed by atoms with Crippen LogP contribution >= 0.6 is 0 Å². The SMILES string of the molecule is CCCNC(=O)c1cccc(CNC(=NC)NC(C)C)c1. The molecular weight excluding hydrogens is 264 g/mol. The molecule has 0 heterocycles. The second kappa shape index (κ2) is 9.00. The van der Waals surface area contributed by atoms with Crippen molar-refractivity contribution in [3.8, 4) is 0 Å². The van der Waals surface area contributed by atoms with Crippen molar-refractivity contribution in [3.05, 3.63) is 35.4 Å². The van der Waals surface area contributed by atoms with Crippen LogP contribution in [0.1, 0.15) is 43.1 Å². The Bertz CT molecular complexity index is 483. The van der Waals surface area contributed by atoms with Gasteiger partial charge in [0.15, 0.2) is 5.96 Å². The van der Waals surface area contributed by atoms with E-state index < -0.39 is 0 Å². The normalized spacial score (nSPS) is 11.4. The maximum atomic E-state index is 11.9. The molecule has 5 heteroatoms. The summed E-state index contributed by atoms with van der Waals surface area (Å²) < 4.78 is 0. The van der Waals surface area contributed by atoms with Crippen molar-refractivity contribution < 1.29 is 4.79 Å². The molecule has 0 saturated heterocycles. The second-order valence-corrected chi connectivity index (χ2v) is 5.18. The maximum absolute atomic E-state index is 11.9. The zero-order chi connectivity index (χ0) is 15.7. The topological polar surface area (TPSA) is 65.5 Å². The quantitative estimate of drug-likeness (QED) is 0.554. The average Bonchev–Trinajstić information content (AvgIpc) is 2.48. The summed E-state index contributed by atoms with van der Waals surface area (Å²) in [5.74, 6) is 0.731. The van der Waals surface area contributed by atoms with Crippen LogP contribution in [0.5, 0.6) is 0 Å². The monoisotopic (exact) mass is 290 g/mol. The summed E-state index contributed by atoms with van der Waals surface area (Å²) in [7, 11) is 1.74. The largest absolute Gasteiger partial charge is 0.354 e. The molecule has 3 N–H and O–H groups in total. The standard InChI is InChI=1S/C16H26N4O/c1-5-9-18-15(21)14-8-6-7-13(10-14)11-19-16(17-4)20-12(2)3/h6-8,10,12H,5,9,11H2,1-4H3,(H,18,21)(H2,17,19,20). The predicted octanol–water partition coefficient (Wildman–Crippen LogP) is 1.90. The number of hydrogen-bond donors (Lipinski definition) is 3. The van der Waals surface area contributed by atoms with Crippen molar-refractivity contribution in [3.63, 3.8) is 0 Å². The van der Waals surface area contributed by atoms with Gasteiger partial charge < -0.3 is 16.0 Å². The Kier molecular flexibility index (Phi) is 7.29. The van der Waals surface area contributed by atoms with Gasteiger partial charge in [0.2, 0.25) is 0 Å². The van der Waals surface area contributed by atoms with Gasteiger partial charge in [-0.3, -0.25) is 9.79 Å². The highest BCUT2D eigenvalue weighted by molar-refractivity contribution is 5.94. The highest BCUT2D eigenvalue weighted by Gasteiger charge is 2.06. The van der Waals surface area contributed by atoms with Gasteiger partial charge >= 0.3 is 0 Å². The molecule has 1 aromatic rings. The van der Waals surface area contributed by atoms with E-state index in [9.17, 15) is 4.79 Å². The number of rotatable bonds is 6. The lowest BCUT2D eigenvalue weighted by Gasteiger charge is -2.14. The van der Waals surface area contributed by atoms with Gasteiger partial charge in [-0.05, 0) is 38.0 Å². The fourth-order valence-electron chi connectivity index (χ4n) is 1.82. The van der Waals surface area contributed by atoms with Gasteiger partial charge in [0.05, 0.1) is 0 Å². The molecule has 0 aromatic heterocycles. The summed E-state index contributed by atoms with van der Waals surface area (Å²) in [4.78, 5) is 16.1. The number of carbonyl (C=O) groups is 1. The molecule has 0 aliphatic rings. The highest BCUT2D eigenvalue weighted by Crippen LogP contribution is 2.05. The molecule has 5 nitrogen and oxygen atoms in total. The number of amides is 1. The molecule has 1 amide bonds. The molecule has 0 atom stereocenters. The van der Waals surface area contributed by atoms with Crippen LogP contribution in [-0.4, -0.2) is 31.5 Å². The van der Waals surface area contributed by atoms with E-state index in [2.05, 4.69) is 34.8 Å². The van der Waals surface area contributed by atoms with Gasteiger partial charge in [-0.1, -0.05) is 19.1 Å². The molecule has 0 aliphatic heterocycles. The third-order valence-electron chi connectivity index (χ3n) is 2.83. The van der Waals surface area contributed by atoms with Gasteiger partial charge in [0.25, 0.3) is 5.91 Å². The lowest BCUT2D eigenvalue weighted by molar-refractivity contribution is 0.0953. The number of benzene rings is 1. The zero-order valence-electron chi connectivity index (χ0n) is 13.4. The fourth-order valence-corrected chi connectivity index (χ4v) is 1.82. The number of guanidine groups is 1. The molecule has 0 spiro atoms. The van der Waals surface area contributed by atoms with Crippen LogP contribution in [0.3, 0.4) is 0 Å². The first-order chi connectivity index (χ1) is 10.1. The maximum Gasteiger partial charge on any atom is 0.251 e. The first-order valence-electron chi connectivity index (χ1n) is 7.41. The Balaban J connectivity index is 2.62. The van der Waals surface area contributed by atoms with E-state index in [-0.39, 0.29) is 5.91 Å². The molecule has 0 aliphatic carbocycles. The van der Waals surface area contributed by atoms with Crippen LogP contribution in [0.2, 0.25) is 0 Å². The summed E-state index contributed by atoms with van der Waals surface area (Å²) in [5, 5.41) is 9.34. The van der Waals surface area contributed by atoms with Crippen LogP contribution in [0, 0.1) is 0 Å². The van der Waals surface area contributed by atoms with Gasteiger partial charge in [0.1, 0.15) is 0 Å². The summed E-state index contributed by atoms with van der Waals surface area (Å²) >= 11 is 0. The number of hydrogen-bond acceptors (Lipinski definition) is 2. The molecular formula is C16H26N4O. The number of aliphatic imine (C=N–C) groups is 1. The van der Waals surface area contributed by atoms with Crippen LogP contribution in [-0.2, 0) is 6.54 Å². The molecule has 21 heavy (non-hydrogen) atoms. The van der Waals surface area contributed by atoms with Crippen LogP contribution < -0.4 is 16.0 Å². The summed E-state index contributed by atoms with van der Waals surface area (Å²) in [5.41, 5.74) is 1.74. The molecule has 0 fully saturated rings. The van der Waals surface area contributed by atoms with E-state index in [1.165, 1.54) is 0 Å². The first-order valence-corrected chi connectivity index (χ1v) is 7.41. The zero-order valence-corrected chi connectivity index (χ0v) is 13.4. The van der Waals surface area contributed by atoms with Crippen molar-refractivity contribution >= 4 is 11.9 Å². The predicted molar refractivity (Wildman–Crippen MR) is 87.5 cm³/mol. The van der Waals surface area contributed by atoms with Crippen LogP contribution in [0.4, 0.5) is 0 Å². The lowest BCUT2D eigenvalue weighted by atomic mass is 10.1. The highest BCUT2D eigenvalue weighted by atomic mass is 16.1. The van der Waals surface area contributed by atoms with E-state index in [1.54, 1.807) is 7.05 Å². The van der Waals surface area contributed by atoms with Crippen molar-refractivity contribution in [2.24, 2.45) is 4.99 Å². The Morgan fingerprint density at radius 1 is 1.29 bits per heavy atom. The van der Waals surface area contributed by atoms with E-state index >= 15 is 0 Å². The summed E-state index contributed by atoms with van der Waals surface area (Å²) in [6.45, 7) is 7.48. The Morgan fingerprint density at radius 3 is 2.67 bits per heavy atom. The minimum Gasteiger partial charge on any atom is -0.354 e. The Morgan fingerprint density at radius 2 is 2.05 bits per heavy atom. The molecule has 0 bridgehead atoms. The van der Waals surface area contributed by atoms with Crippen molar-refractivity contribution in [1.29, 1.82) is 0 Å². The molecule has 0 unspecified atom stereocenters. The van der Waals surface area contributed by atoms with E-state index in [0.717, 1.165) is 17.9 Å². The van der Waals surface area contributed by atoms with Gasteiger partial charge in [-0.2, -0.15) is 0 Å². The summed E-state index contributed by atoms with van der Waals surface area (Å²) in [6, 6.07) is 7.95. The average molecular weight is 290 g/mol. The molecule has 116 valence electrons. The molecule has 1 rings (SSSR count). The van der Waals surface area contributed by atoms with Crippen molar-refractivity contribution in [2.75, 3.05) is 13.6 Å². The fraction of sp³-hybridized carbons (Fsp3) is 0.500. The van der Waals surface area contributed by atoms with Crippen LogP contribution in [0.25, 0.3) is 0 Å². The number of carbonyl (C=O) groups excluding carboxylic acids is 1. The molecule has 0 radical (unpaired) electrons. The third kappa shape index (κ3) is 6.29. The second-order valence-electron chi connectivity index (χ2n) is 5.18. The Hall–Kier alpha value is -2.04. The number of nitrogens with one attached hydrogen (secondary N) is 3. The third-order valence-corrected chi connectivity index (χ3v) is 2.83. The van der Waals surface area contributed by atoms with Gasteiger partial charge in [-0.25, -0.2) is 0 Å². The lowest BCUT2D eigenvalue weighted by Crippen LogP contribution is -2.40. The smallest absolute Gasteiger partial charge is 0.251 e. The van der Waals surface area contributed by atoms with Crippen molar-refractivity contribution in [1.82, 2.24) is 16.0 Å². The molecule has 1 aromatic carbocycles. The summed E-state index contributed by atoms with van der Waals surface area (Å²) in [6.07, 6.45) is 0.935. The van der Waals surface area contributed by atoms with E-state index in [1.807, 2.05) is 31.2 Å². The Labute approximate surface area is 127 Å².